The Kier molecular flexibility index (Phi) is 4.89. The predicted molar refractivity (Wildman–Crippen MR) is 98.9 cm³/mol. The Morgan fingerprint density at radius 2 is 2.04 bits per heavy atom. The number of rotatable bonds is 3. The molecule has 0 bridgehead atoms. The van der Waals surface area contributed by atoms with Gasteiger partial charge in [0.25, 0.3) is 11.8 Å². The van der Waals surface area contributed by atoms with Crippen molar-refractivity contribution in [2.75, 3.05) is 12.4 Å². The number of thiophene rings is 2. The summed E-state index contributed by atoms with van der Waals surface area (Å²) >= 11 is 6.28. The number of nitrogens with one attached hydrogen (secondary N) is 2. The van der Waals surface area contributed by atoms with E-state index in [1.54, 1.807) is 13.1 Å². The minimum Gasteiger partial charge on any atom is -0.355 e. The van der Waals surface area contributed by atoms with Crippen molar-refractivity contribution in [2.45, 2.75) is 26.2 Å². The van der Waals surface area contributed by atoms with E-state index in [4.69, 9.17) is 0 Å². The molecular formula is C16H17BrN2O2S2. The third-order valence-electron chi connectivity index (χ3n) is 3.99. The zero-order chi connectivity index (χ0) is 16.6. The summed E-state index contributed by atoms with van der Waals surface area (Å²) in [6.07, 6.45) is 2.96. The number of carbonyl (C=O) groups is 2. The van der Waals surface area contributed by atoms with Crippen molar-refractivity contribution in [3.8, 4) is 0 Å². The van der Waals surface area contributed by atoms with Crippen LogP contribution in [0, 0.1) is 5.92 Å². The number of hydrogen-bond donors (Lipinski definition) is 2. The first-order valence-corrected chi connectivity index (χ1v) is 9.85. The molecule has 0 aromatic carbocycles. The Hall–Kier alpha value is -1.18. The largest absolute Gasteiger partial charge is 0.355 e. The van der Waals surface area contributed by atoms with E-state index in [2.05, 4.69) is 33.5 Å². The number of hydrogen-bond acceptors (Lipinski definition) is 4. The molecule has 0 saturated carbocycles. The molecule has 122 valence electrons. The van der Waals surface area contributed by atoms with Gasteiger partial charge in [0, 0.05) is 11.9 Å². The van der Waals surface area contributed by atoms with E-state index in [1.165, 1.54) is 27.6 Å². The molecule has 23 heavy (non-hydrogen) atoms. The normalized spacial score (nSPS) is 16.7. The van der Waals surface area contributed by atoms with E-state index in [1.807, 2.05) is 6.07 Å². The van der Waals surface area contributed by atoms with Crippen molar-refractivity contribution < 1.29 is 9.59 Å². The summed E-state index contributed by atoms with van der Waals surface area (Å²) in [5.74, 6) is 0.327. The van der Waals surface area contributed by atoms with Crippen molar-refractivity contribution in [3.63, 3.8) is 0 Å². The highest BCUT2D eigenvalue weighted by Gasteiger charge is 2.28. The van der Waals surface area contributed by atoms with Crippen molar-refractivity contribution in [1.82, 2.24) is 5.32 Å². The van der Waals surface area contributed by atoms with Gasteiger partial charge in [-0.3, -0.25) is 9.59 Å². The first kappa shape index (κ1) is 16.7. The molecule has 4 nitrogen and oxygen atoms in total. The maximum atomic E-state index is 12.4. The maximum absolute atomic E-state index is 12.4. The highest BCUT2D eigenvalue weighted by atomic mass is 79.9. The Balaban J connectivity index is 1.95. The summed E-state index contributed by atoms with van der Waals surface area (Å²) in [4.78, 5) is 26.6. The fraction of sp³-hybridized carbons (Fsp3) is 0.375. The summed E-state index contributed by atoms with van der Waals surface area (Å²) in [5.41, 5.74) is 1.75. The van der Waals surface area contributed by atoms with Gasteiger partial charge in [0.15, 0.2) is 0 Å². The fourth-order valence-electron chi connectivity index (χ4n) is 2.81. The van der Waals surface area contributed by atoms with E-state index in [0.29, 0.717) is 21.4 Å². The monoisotopic (exact) mass is 412 g/mol. The minimum absolute atomic E-state index is 0.125. The molecule has 2 N–H and O–H groups in total. The zero-order valence-corrected chi connectivity index (χ0v) is 16.1. The molecule has 3 rings (SSSR count). The van der Waals surface area contributed by atoms with Gasteiger partial charge in [-0.2, -0.15) is 0 Å². The molecule has 0 fully saturated rings. The third kappa shape index (κ3) is 3.36. The van der Waals surface area contributed by atoms with E-state index in [-0.39, 0.29) is 11.8 Å². The van der Waals surface area contributed by atoms with Crippen LogP contribution in [0.3, 0.4) is 0 Å². The van der Waals surface area contributed by atoms with Crippen molar-refractivity contribution in [2.24, 2.45) is 5.92 Å². The van der Waals surface area contributed by atoms with Crippen LogP contribution in [-0.4, -0.2) is 18.9 Å². The SMILES string of the molecule is CNC(=O)c1c(NC(=O)c2ccc(Br)s2)sc2c1CC[C@@H](C)C2. The number of amides is 2. The van der Waals surface area contributed by atoms with Gasteiger partial charge < -0.3 is 10.6 Å². The fourth-order valence-corrected chi connectivity index (χ4v) is 5.49. The van der Waals surface area contributed by atoms with E-state index < -0.39 is 0 Å². The maximum Gasteiger partial charge on any atom is 0.266 e. The molecule has 2 amide bonds. The average Bonchev–Trinajstić information content (AvgIpc) is 3.09. The van der Waals surface area contributed by atoms with Crippen molar-refractivity contribution in [1.29, 1.82) is 0 Å². The molecule has 0 unspecified atom stereocenters. The molecule has 1 atom stereocenters. The van der Waals surface area contributed by atoms with Crippen LogP contribution >= 0.6 is 38.6 Å². The highest BCUT2D eigenvalue weighted by Crippen LogP contribution is 2.40. The molecule has 2 aromatic rings. The van der Waals surface area contributed by atoms with Crippen LogP contribution < -0.4 is 10.6 Å². The van der Waals surface area contributed by atoms with E-state index in [9.17, 15) is 9.59 Å². The van der Waals surface area contributed by atoms with Crippen LogP contribution in [0.25, 0.3) is 0 Å². The van der Waals surface area contributed by atoms with Crippen LogP contribution in [0.1, 0.15) is 43.8 Å². The first-order valence-electron chi connectivity index (χ1n) is 7.43. The van der Waals surface area contributed by atoms with Crippen LogP contribution in [0.4, 0.5) is 5.00 Å². The van der Waals surface area contributed by atoms with Crippen LogP contribution in [0.2, 0.25) is 0 Å². The van der Waals surface area contributed by atoms with Gasteiger partial charge >= 0.3 is 0 Å². The standard InChI is InChI=1S/C16H17BrN2O2S2/c1-8-3-4-9-11(7-8)23-16(13(9)15(21)18-2)19-14(20)10-5-6-12(17)22-10/h5-6,8H,3-4,7H2,1-2H3,(H,18,21)(H,19,20)/t8-/m1/s1. The van der Waals surface area contributed by atoms with Gasteiger partial charge in [0.1, 0.15) is 5.00 Å². The molecule has 0 aliphatic heterocycles. The number of halogens is 1. The smallest absolute Gasteiger partial charge is 0.266 e. The molecule has 2 aromatic heterocycles. The van der Waals surface area contributed by atoms with Gasteiger partial charge in [-0.25, -0.2) is 0 Å². The second-order valence-electron chi connectivity index (χ2n) is 5.69. The molecule has 0 saturated heterocycles. The summed E-state index contributed by atoms with van der Waals surface area (Å²) in [7, 11) is 1.62. The molecule has 1 aliphatic carbocycles. The number of carbonyl (C=O) groups excluding carboxylic acids is 2. The number of anilines is 1. The van der Waals surface area contributed by atoms with Crippen LogP contribution in [0.15, 0.2) is 15.9 Å². The zero-order valence-electron chi connectivity index (χ0n) is 12.9. The first-order chi connectivity index (χ1) is 11.0. The predicted octanol–water partition coefficient (Wildman–Crippen LogP) is 4.31. The summed E-state index contributed by atoms with van der Waals surface area (Å²) in [6, 6.07) is 3.62. The van der Waals surface area contributed by atoms with Gasteiger partial charge in [0.05, 0.1) is 14.2 Å². The summed E-state index contributed by atoms with van der Waals surface area (Å²) < 4.78 is 0.911. The van der Waals surface area contributed by atoms with Crippen molar-refractivity contribution >= 4 is 55.4 Å². The summed E-state index contributed by atoms with van der Waals surface area (Å²) in [5, 5.41) is 6.30. The third-order valence-corrected chi connectivity index (χ3v) is 6.78. The molecule has 0 radical (unpaired) electrons. The Morgan fingerprint density at radius 1 is 1.26 bits per heavy atom. The molecule has 0 spiro atoms. The Morgan fingerprint density at radius 3 is 2.70 bits per heavy atom. The summed E-state index contributed by atoms with van der Waals surface area (Å²) in [6.45, 7) is 2.23. The second kappa shape index (κ2) is 6.75. The van der Waals surface area contributed by atoms with Gasteiger partial charge in [0.2, 0.25) is 0 Å². The highest BCUT2D eigenvalue weighted by molar-refractivity contribution is 9.11. The lowest BCUT2D eigenvalue weighted by molar-refractivity contribution is 0.0963. The van der Waals surface area contributed by atoms with Gasteiger partial charge in [-0.1, -0.05) is 6.92 Å². The lowest BCUT2D eigenvalue weighted by atomic mass is 9.88. The van der Waals surface area contributed by atoms with E-state index in [0.717, 1.165) is 28.6 Å². The molecule has 2 heterocycles. The van der Waals surface area contributed by atoms with Crippen LogP contribution in [-0.2, 0) is 12.8 Å². The van der Waals surface area contributed by atoms with Gasteiger partial charge in [-0.05, 0) is 58.8 Å². The quantitative estimate of drug-likeness (QED) is 0.788. The van der Waals surface area contributed by atoms with Gasteiger partial charge in [-0.15, -0.1) is 22.7 Å². The molecule has 7 heteroatoms. The van der Waals surface area contributed by atoms with Crippen LogP contribution in [0.5, 0.6) is 0 Å². The lowest BCUT2D eigenvalue weighted by Gasteiger charge is -2.18. The average molecular weight is 413 g/mol. The topological polar surface area (TPSA) is 58.2 Å². The molecular weight excluding hydrogens is 396 g/mol. The second-order valence-corrected chi connectivity index (χ2v) is 9.26. The Labute approximate surface area is 151 Å². The lowest BCUT2D eigenvalue weighted by Crippen LogP contribution is -2.22. The Bertz CT molecular complexity index is 766. The van der Waals surface area contributed by atoms with E-state index >= 15 is 0 Å². The molecule has 1 aliphatic rings. The van der Waals surface area contributed by atoms with Crippen molar-refractivity contribution in [3.05, 3.63) is 36.8 Å². The minimum atomic E-state index is -0.169. The number of fused-ring (bicyclic) bond motifs is 1.